The number of aryl methyl sites for hydroxylation is 2. The average Bonchev–Trinajstić information content (AvgIpc) is 3.00. The van der Waals surface area contributed by atoms with Gasteiger partial charge in [-0.05, 0) is 49.7 Å². The number of ketones is 1. The number of phenols is 1. The van der Waals surface area contributed by atoms with Gasteiger partial charge in [0.1, 0.15) is 11.3 Å². The van der Waals surface area contributed by atoms with E-state index in [2.05, 4.69) is 0 Å². The van der Waals surface area contributed by atoms with E-state index in [0.29, 0.717) is 16.9 Å². The molecule has 4 aromatic rings. The molecule has 128 valence electrons. The topological polar surface area (TPSA) is 50.4 Å². The van der Waals surface area contributed by atoms with Crippen molar-refractivity contribution in [2.75, 3.05) is 0 Å². The molecular formula is C23H18O3. The maximum absolute atomic E-state index is 13.2. The molecule has 3 nitrogen and oxygen atoms in total. The predicted octanol–water partition coefficient (Wildman–Crippen LogP) is 5.65. The van der Waals surface area contributed by atoms with Crippen molar-refractivity contribution in [2.45, 2.75) is 13.8 Å². The van der Waals surface area contributed by atoms with Crippen molar-refractivity contribution in [3.8, 4) is 16.9 Å². The standard InChI is InChI=1S/C23H18O3/c1-14-11-15(2)13-17(12-14)22(25)23-21(16-7-9-18(24)10-8-16)19-5-3-4-6-20(19)26-23/h3-13,24H,1-2H3. The fourth-order valence-electron chi connectivity index (χ4n) is 3.36. The molecule has 1 N–H and O–H groups in total. The van der Waals surface area contributed by atoms with Crippen molar-refractivity contribution < 1.29 is 14.3 Å². The minimum Gasteiger partial charge on any atom is -0.508 e. The molecule has 4 rings (SSSR count). The number of fused-ring (bicyclic) bond motifs is 1. The monoisotopic (exact) mass is 342 g/mol. The molecule has 3 aromatic carbocycles. The first kappa shape index (κ1) is 16.2. The Balaban J connectivity index is 1.96. The maximum Gasteiger partial charge on any atom is 0.228 e. The summed E-state index contributed by atoms with van der Waals surface area (Å²) < 4.78 is 5.97. The minimum atomic E-state index is -0.143. The Bertz CT molecular complexity index is 1100. The van der Waals surface area contributed by atoms with E-state index in [9.17, 15) is 9.90 Å². The maximum atomic E-state index is 13.2. The number of hydrogen-bond acceptors (Lipinski definition) is 3. The molecule has 26 heavy (non-hydrogen) atoms. The predicted molar refractivity (Wildman–Crippen MR) is 103 cm³/mol. The summed E-state index contributed by atoms with van der Waals surface area (Å²) >= 11 is 0. The summed E-state index contributed by atoms with van der Waals surface area (Å²) in [7, 11) is 0. The van der Waals surface area contributed by atoms with Crippen LogP contribution >= 0.6 is 0 Å². The van der Waals surface area contributed by atoms with Gasteiger partial charge in [-0.2, -0.15) is 0 Å². The Morgan fingerprint density at radius 3 is 2.23 bits per heavy atom. The summed E-state index contributed by atoms with van der Waals surface area (Å²) in [6.45, 7) is 3.95. The highest BCUT2D eigenvalue weighted by atomic mass is 16.3. The van der Waals surface area contributed by atoms with E-state index in [0.717, 1.165) is 27.6 Å². The Kier molecular flexibility index (Phi) is 3.85. The molecule has 0 aliphatic rings. The summed E-state index contributed by atoms with van der Waals surface area (Å²) in [4.78, 5) is 13.2. The highest BCUT2D eigenvalue weighted by Gasteiger charge is 2.23. The third kappa shape index (κ3) is 2.78. The summed E-state index contributed by atoms with van der Waals surface area (Å²) in [5.74, 6) is 0.363. The summed E-state index contributed by atoms with van der Waals surface area (Å²) in [5.41, 5.74) is 4.95. The largest absolute Gasteiger partial charge is 0.508 e. The van der Waals surface area contributed by atoms with Gasteiger partial charge in [0.2, 0.25) is 5.78 Å². The van der Waals surface area contributed by atoms with Gasteiger partial charge < -0.3 is 9.52 Å². The van der Waals surface area contributed by atoms with Gasteiger partial charge in [0.25, 0.3) is 0 Å². The van der Waals surface area contributed by atoms with Crippen LogP contribution in [0.15, 0.2) is 71.1 Å². The molecule has 0 saturated carbocycles. The van der Waals surface area contributed by atoms with Crippen LogP contribution in [0.3, 0.4) is 0 Å². The number of benzene rings is 3. The number of aromatic hydroxyl groups is 1. The van der Waals surface area contributed by atoms with Crippen LogP contribution in [-0.2, 0) is 0 Å². The van der Waals surface area contributed by atoms with Gasteiger partial charge in [-0.25, -0.2) is 0 Å². The van der Waals surface area contributed by atoms with Crippen LogP contribution in [-0.4, -0.2) is 10.9 Å². The molecule has 0 unspecified atom stereocenters. The van der Waals surface area contributed by atoms with Gasteiger partial charge in [-0.1, -0.05) is 47.5 Å². The van der Waals surface area contributed by atoms with Crippen molar-refractivity contribution in [1.82, 2.24) is 0 Å². The Labute approximate surface area is 151 Å². The molecule has 0 aliphatic carbocycles. The lowest BCUT2D eigenvalue weighted by atomic mass is 9.96. The van der Waals surface area contributed by atoms with Gasteiger partial charge in [0.15, 0.2) is 5.76 Å². The average molecular weight is 342 g/mol. The van der Waals surface area contributed by atoms with Crippen molar-refractivity contribution in [3.63, 3.8) is 0 Å². The smallest absolute Gasteiger partial charge is 0.228 e. The number of hydrogen-bond donors (Lipinski definition) is 1. The van der Waals surface area contributed by atoms with Crippen LogP contribution < -0.4 is 0 Å². The van der Waals surface area contributed by atoms with E-state index in [4.69, 9.17) is 4.42 Å². The number of carbonyl (C=O) groups is 1. The summed E-state index contributed by atoms with van der Waals surface area (Å²) in [6.07, 6.45) is 0. The number of furan rings is 1. The Morgan fingerprint density at radius 1 is 0.885 bits per heavy atom. The first-order valence-electron chi connectivity index (χ1n) is 8.47. The second-order valence-corrected chi connectivity index (χ2v) is 6.55. The molecule has 3 heteroatoms. The zero-order valence-corrected chi connectivity index (χ0v) is 14.6. The minimum absolute atomic E-state index is 0.143. The van der Waals surface area contributed by atoms with Crippen LogP contribution in [0.25, 0.3) is 22.1 Å². The first-order chi connectivity index (χ1) is 12.5. The van der Waals surface area contributed by atoms with Crippen molar-refractivity contribution in [3.05, 3.63) is 89.2 Å². The molecule has 0 radical (unpaired) electrons. The summed E-state index contributed by atoms with van der Waals surface area (Å²) in [6, 6.07) is 20.2. The van der Waals surface area contributed by atoms with Crippen LogP contribution in [0.2, 0.25) is 0 Å². The highest BCUT2D eigenvalue weighted by molar-refractivity contribution is 6.15. The van der Waals surface area contributed by atoms with E-state index in [-0.39, 0.29) is 11.5 Å². The lowest BCUT2D eigenvalue weighted by molar-refractivity contribution is 0.101. The number of rotatable bonds is 3. The zero-order chi connectivity index (χ0) is 18.3. The second kappa shape index (κ2) is 6.19. The number of phenolic OH excluding ortho intramolecular Hbond substituents is 1. The molecule has 0 spiro atoms. The SMILES string of the molecule is Cc1cc(C)cc(C(=O)c2oc3ccccc3c2-c2ccc(O)cc2)c1. The first-order valence-corrected chi connectivity index (χ1v) is 8.47. The third-order valence-corrected chi connectivity index (χ3v) is 4.44. The van der Waals surface area contributed by atoms with E-state index >= 15 is 0 Å². The molecule has 0 saturated heterocycles. The van der Waals surface area contributed by atoms with Crippen LogP contribution in [0.4, 0.5) is 0 Å². The second-order valence-electron chi connectivity index (χ2n) is 6.55. The lowest BCUT2D eigenvalue weighted by Crippen LogP contribution is -2.02. The van der Waals surface area contributed by atoms with Crippen LogP contribution in [0, 0.1) is 13.8 Å². The molecule has 0 aliphatic heterocycles. The Hall–Kier alpha value is -3.33. The van der Waals surface area contributed by atoms with E-state index in [1.807, 2.05) is 56.3 Å². The highest BCUT2D eigenvalue weighted by Crippen LogP contribution is 2.36. The molecule has 0 atom stereocenters. The zero-order valence-electron chi connectivity index (χ0n) is 14.6. The van der Waals surface area contributed by atoms with Gasteiger partial charge in [-0.3, -0.25) is 4.79 Å². The number of carbonyl (C=O) groups excluding carboxylic acids is 1. The van der Waals surface area contributed by atoms with Crippen molar-refractivity contribution in [1.29, 1.82) is 0 Å². The molecule has 0 fully saturated rings. The van der Waals surface area contributed by atoms with Gasteiger partial charge >= 0.3 is 0 Å². The fourth-order valence-corrected chi connectivity index (χ4v) is 3.36. The molecule has 1 aromatic heterocycles. The lowest BCUT2D eigenvalue weighted by Gasteiger charge is -2.06. The van der Waals surface area contributed by atoms with E-state index < -0.39 is 0 Å². The number of para-hydroxylation sites is 1. The fraction of sp³-hybridized carbons (Fsp3) is 0.0870. The third-order valence-electron chi connectivity index (χ3n) is 4.44. The quantitative estimate of drug-likeness (QED) is 0.489. The van der Waals surface area contributed by atoms with Crippen LogP contribution in [0.1, 0.15) is 27.2 Å². The molecule has 0 bridgehead atoms. The van der Waals surface area contributed by atoms with Gasteiger partial charge in [-0.15, -0.1) is 0 Å². The van der Waals surface area contributed by atoms with Gasteiger partial charge in [0, 0.05) is 16.5 Å². The van der Waals surface area contributed by atoms with E-state index in [1.54, 1.807) is 24.3 Å². The molecule has 0 amide bonds. The van der Waals surface area contributed by atoms with Crippen molar-refractivity contribution in [2.24, 2.45) is 0 Å². The van der Waals surface area contributed by atoms with Crippen molar-refractivity contribution >= 4 is 16.8 Å². The van der Waals surface area contributed by atoms with Gasteiger partial charge in [0.05, 0.1) is 0 Å². The van der Waals surface area contributed by atoms with Crippen LogP contribution in [0.5, 0.6) is 5.75 Å². The van der Waals surface area contributed by atoms with E-state index in [1.165, 1.54) is 0 Å². The summed E-state index contributed by atoms with van der Waals surface area (Å²) in [5, 5.41) is 10.5. The molecular weight excluding hydrogens is 324 g/mol. The molecule has 1 heterocycles. The normalized spacial score (nSPS) is 11.0. The Morgan fingerprint density at radius 2 is 1.54 bits per heavy atom.